The molecule has 0 saturated heterocycles. The third-order valence-corrected chi connectivity index (χ3v) is 14.3. The van der Waals surface area contributed by atoms with Crippen molar-refractivity contribution in [1.82, 2.24) is 52.2 Å². The van der Waals surface area contributed by atoms with E-state index in [0.717, 1.165) is 0 Å². The number of benzene rings is 1. The lowest BCUT2D eigenvalue weighted by Gasteiger charge is -2.27. The molecular formula is C51H91N29O10S. The molecule has 1 heterocycles. The first-order chi connectivity index (χ1) is 43.1. The van der Waals surface area contributed by atoms with E-state index in [-0.39, 0.29) is 170 Å². The molecule has 0 aliphatic rings. The minimum atomic E-state index is -3.98. The number of primary amides is 1. The molecule has 39 nitrogen and oxygen atoms in total. The highest BCUT2D eigenvalue weighted by Gasteiger charge is 2.33. The number of nitrogens with two attached hydrogens (primary N) is 13. The van der Waals surface area contributed by atoms with Crippen LogP contribution >= 0.6 is 0 Å². The Balaban J connectivity index is 2.42. The SMILES string of the molecule is NC(=O)[C@@H](CCCN=C(N)N)NC(=O)[C@@H](CCCN=C(N)N)NC(=O)[C@@H](CCCN=C(N)N)NC(=O)[C@@H](CCCN=C(N)N)NC(=O)[C@@H](CCCN=C(N)N)NC(=O)[C@@H](CCCN=C(N)N)NC(=O)CNCC(=O)NCCNS(=O)(=O)c1cccc2cnccc12. The van der Waals surface area contributed by atoms with Crippen LogP contribution in [0.15, 0.2) is 71.5 Å². The van der Waals surface area contributed by atoms with Gasteiger partial charge in [0.05, 0.1) is 18.0 Å². The average Bonchev–Trinajstić information content (AvgIpc) is 0.899. The number of pyridine rings is 1. The van der Waals surface area contributed by atoms with Gasteiger partial charge in [-0.2, -0.15) is 0 Å². The van der Waals surface area contributed by atoms with Crippen LogP contribution in [0.5, 0.6) is 0 Å². The van der Waals surface area contributed by atoms with E-state index in [1.165, 1.54) is 18.5 Å². The lowest BCUT2D eigenvalue weighted by atomic mass is 10.0. The van der Waals surface area contributed by atoms with Crippen LogP contribution in [-0.4, -0.2) is 198 Å². The van der Waals surface area contributed by atoms with E-state index < -0.39 is 107 Å². The monoisotopic (exact) mass is 1300 g/mol. The third kappa shape index (κ3) is 33.2. The summed E-state index contributed by atoms with van der Waals surface area (Å²) in [5, 5.41) is 21.9. The van der Waals surface area contributed by atoms with Crippen LogP contribution in [0.2, 0.25) is 0 Å². The molecule has 35 N–H and O–H groups in total. The molecule has 8 amide bonds. The van der Waals surface area contributed by atoms with E-state index in [2.05, 4.69) is 82.2 Å². The Hall–Kier alpha value is -10.1. The number of sulfonamides is 1. The molecule has 0 radical (unpaired) electrons. The minimum absolute atomic E-state index is 0.0140. The molecular weight excluding hydrogens is 1210 g/mol. The Labute approximate surface area is 525 Å². The van der Waals surface area contributed by atoms with Crippen LogP contribution < -0.4 is 122 Å². The van der Waals surface area contributed by atoms with Crippen LogP contribution in [0.3, 0.4) is 0 Å². The second kappa shape index (κ2) is 41.9. The van der Waals surface area contributed by atoms with E-state index in [1.807, 2.05) is 0 Å². The van der Waals surface area contributed by atoms with Crippen molar-refractivity contribution in [1.29, 1.82) is 0 Å². The van der Waals surface area contributed by atoms with Crippen molar-refractivity contribution in [3.8, 4) is 0 Å². The fourth-order valence-corrected chi connectivity index (χ4v) is 9.66. The number of carbonyl (C=O) groups excluding carboxylic acids is 8. The standard InChI is InChI=1S/C51H91N29O10S/c52-40(83)31(9-2-17-68-46(53)54)76-42(85)33(11-4-19-70-48(57)58)78-44(87)35(13-6-21-72-50(61)62)80-45(88)36(14-7-22-73-51(63)64)79-43(86)34(12-5-20-71-49(59)60)77-41(84)32(10-3-18-69-47(55)56)75-39(82)28-66-27-38(81)67-24-25-74-91(89,90)37-15-1-8-29-26-65-23-16-30(29)37/h1,8,15-16,23,26,31-36,66,74H,2-7,9-14,17-22,24-25,27-28H2,(H2,52,83)(H,67,81)(H,75,82)(H,76,85)(H,77,84)(H,78,87)(H,79,86)(H,80,88)(H4,53,54,68)(H4,55,56,69)(H4,57,58,70)(H4,59,60,71)(H4,61,62,72)(H4,63,64,73)/t31-,32-,33-,34-,35-,36-/m1/s1. The van der Waals surface area contributed by atoms with Gasteiger partial charge in [-0.25, -0.2) is 13.1 Å². The Morgan fingerprint density at radius 1 is 0.418 bits per heavy atom. The molecule has 0 saturated carbocycles. The Morgan fingerprint density at radius 2 is 0.747 bits per heavy atom. The van der Waals surface area contributed by atoms with Gasteiger partial charge in [-0.1, -0.05) is 12.1 Å². The number of fused-ring (bicyclic) bond motifs is 1. The fourth-order valence-electron chi connectivity index (χ4n) is 8.40. The normalized spacial score (nSPS) is 12.9. The highest BCUT2D eigenvalue weighted by atomic mass is 32.2. The molecule has 0 aliphatic heterocycles. The summed E-state index contributed by atoms with van der Waals surface area (Å²) in [6, 6.07) is -2.08. The Kier molecular flexibility index (Phi) is 35.5. The van der Waals surface area contributed by atoms with Gasteiger partial charge in [0.15, 0.2) is 35.8 Å². The van der Waals surface area contributed by atoms with Gasteiger partial charge < -0.3 is 112 Å². The Morgan fingerprint density at radius 3 is 1.10 bits per heavy atom. The number of hydrogen-bond donors (Lipinski definition) is 22. The number of amides is 8. The summed E-state index contributed by atoms with van der Waals surface area (Å²) in [6.45, 7) is -1.09. The van der Waals surface area contributed by atoms with E-state index in [9.17, 15) is 46.8 Å². The number of nitrogens with zero attached hydrogens (tertiary/aromatic N) is 7. The zero-order valence-electron chi connectivity index (χ0n) is 50.6. The number of carbonyl (C=O) groups is 8. The predicted octanol–water partition coefficient (Wildman–Crippen LogP) is -10.1. The molecule has 0 spiro atoms. The van der Waals surface area contributed by atoms with E-state index in [4.69, 9.17) is 74.5 Å². The van der Waals surface area contributed by atoms with Crippen LogP contribution in [0.4, 0.5) is 0 Å². The summed E-state index contributed by atoms with van der Waals surface area (Å²) in [6.07, 6.45) is 3.07. The second-order valence-electron chi connectivity index (χ2n) is 20.2. The molecule has 1 aromatic carbocycles. The van der Waals surface area contributed by atoms with Gasteiger partial charge >= 0.3 is 0 Å². The largest absolute Gasteiger partial charge is 0.370 e. The molecule has 2 aromatic rings. The summed E-state index contributed by atoms with van der Waals surface area (Å²) >= 11 is 0. The lowest BCUT2D eigenvalue weighted by molar-refractivity contribution is -0.135. The zero-order chi connectivity index (χ0) is 67.9. The van der Waals surface area contributed by atoms with E-state index >= 15 is 0 Å². The first-order valence-electron chi connectivity index (χ1n) is 28.8. The predicted molar refractivity (Wildman–Crippen MR) is 343 cm³/mol. The molecule has 506 valence electrons. The van der Waals surface area contributed by atoms with Crippen molar-refractivity contribution >= 4 is 104 Å². The van der Waals surface area contributed by atoms with Crippen molar-refractivity contribution in [3.05, 3.63) is 36.7 Å². The van der Waals surface area contributed by atoms with Gasteiger partial charge in [0.2, 0.25) is 57.3 Å². The van der Waals surface area contributed by atoms with Crippen LogP contribution in [-0.2, 0) is 48.4 Å². The van der Waals surface area contributed by atoms with Gasteiger partial charge in [0.25, 0.3) is 0 Å². The summed E-state index contributed by atoms with van der Waals surface area (Å²) < 4.78 is 28.6. The van der Waals surface area contributed by atoms with Gasteiger partial charge in [0.1, 0.15) is 36.3 Å². The summed E-state index contributed by atoms with van der Waals surface area (Å²) in [4.78, 5) is 138. The van der Waals surface area contributed by atoms with Gasteiger partial charge in [-0.3, -0.25) is 78.6 Å². The second-order valence-corrected chi connectivity index (χ2v) is 22.0. The molecule has 0 aliphatic carbocycles. The molecule has 0 unspecified atom stereocenters. The maximum atomic E-state index is 14.5. The molecule has 0 fully saturated rings. The van der Waals surface area contributed by atoms with Gasteiger partial charge in [0, 0.05) is 75.5 Å². The quantitative estimate of drug-likeness (QED) is 0.0166. The number of nitrogens with one attached hydrogen (secondary N) is 9. The van der Waals surface area contributed by atoms with Crippen molar-refractivity contribution < 1.29 is 46.8 Å². The molecule has 6 atom stereocenters. The lowest BCUT2D eigenvalue weighted by Crippen LogP contribution is -2.59. The number of rotatable bonds is 45. The summed E-state index contributed by atoms with van der Waals surface area (Å²) in [5.74, 6) is -8.21. The number of guanidine groups is 6. The summed E-state index contributed by atoms with van der Waals surface area (Å²) in [5.41, 5.74) is 71.7. The van der Waals surface area contributed by atoms with Crippen molar-refractivity contribution in [2.24, 2.45) is 104 Å². The van der Waals surface area contributed by atoms with Crippen molar-refractivity contribution in [2.45, 2.75) is 118 Å². The first-order valence-corrected chi connectivity index (χ1v) is 30.3. The van der Waals surface area contributed by atoms with Crippen LogP contribution in [0.1, 0.15) is 77.0 Å². The Bertz CT molecular complexity index is 3010. The fraction of sp³-hybridized carbons (Fsp3) is 0.549. The van der Waals surface area contributed by atoms with Crippen LogP contribution in [0, 0.1) is 0 Å². The molecule has 1 aromatic heterocycles. The number of aromatic nitrogens is 1. The molecule has 40 heteroatoms. The number of hydrogen-bond acceptors (Lipinski definition) is 18. The molecule has 0 bridgehead atoms. The first kappa shape index (κ1) is 77.0. The van der Waals surface area contributed by atoms with Gasteiger partial charge in [-0.05, 0) is 89.2 Å². The van der Waals surface area contributed by atoms with E-state index in [0.29, 0.717) is 10.8 Å². The molecule has 91 heavy (non-hydrogen) atoms. The van der Waals surface area contributed by atoms with Crippen molar-refractivity contribution in [2.75, 3.05) is 65.4 Å². The summed E-state index contributed by atoms with van der Waals surface area (Å²) in [7, 11) is -3.98. The highest BCUT2D eigenvalue weighted by molar-refractivity contribution is 7.89. The topological polar surface area (TPSA) is 704 Å². The van der Waals surface area contributed by atoms with Gasteiger partial charge in [-0.15, -0.1) is 0 Å². The zero-order valence-corrected chi connectivity index (χ0v) is 51.4. The maximum Gasteiger partial charge on any atom is 0.243 e. The van der Waals surface area contributed by atoms with Crippen LogP contribution in [0.25, 0.3) is 10.8 Å². The van der Waals surface area contributed by atoms with Crippen molar-refractivity contribution in [3.63, 3.8) is 0 Å². The molecule has 2 rings (SSSR count). The number of aliphatic imine (C=N–C) groups is 6. The van der Waals surface area contributed by atoms with E-state index in [1.54, 1.807) is 18.2 Å². The average molecular weight is 1300 g/mol. The minimum Gasteiger partial charge on any atom is -0.370 e. The third-order valence-electron chi connectivity index (χ3n) is 12.8. The maximum absolute atomic E-state index is 14.5. The highest BCUT2D eigenvalue weighted by Crippen LogP contribution is 2.21. The smallest absolute Gasteiger partial charge is 0.243 e.